The van der Waals surface area contributed by atoms with Crippen LogP contribution in [0.15, 0.2) is 24.3 Å². The van der Waals surface area contributed by atoms with Crippen molar-refractivity contribution in [3.8, 4) is 0 Å². The van der Waals surface area contributed by atoms with E-state index in [4.69, 9.17) is 14.2 Å². The quantitative estimate of drug-likeness (QED) is 0.0261. The lowest BCUT2D eigenvalue weighted by atomic mass is 10.0. The molecule has 6 nitrogen and oxygen atoms in total. The molecule has 0 fully saturated rings. The van der Waals surface area contributed by atoms with Crippen molar-refractivity contribution in [3.05, 3.63) is 24.3 Å². The molecule has 0 aliphatic heterocycles. The highest BCUT2D eigenvalue weighted by Crippen LogP contribution is 2.19. The van der Waals surface area contributed by atoms with Crippen molar-refractivity contribution < 1.29 is 28.6 Å². The van der Waals surface area contributed by atoms with Gasteiger partial charge < -0.3 is 14.2 Å². The van der Waals surface area contributed by atoms with Gasteiger partial charge in [-0.2, -0.15) is 0 Å². The molecular weight excluding hydrogens is 949 g/mol. The first kappa shape index (κ1) is 74.9. The smallest absolute Gasteiger partial charge is 0.306 e. The van der Waals surface area contributed by atoms with Crippen molar-refractivity contribution in [1.29, 1.82) is 0 Å². The van der Waals surface area contributed by atoms with Crippen LogP contribution in [0.1, 0.15) is 393 Å². The van der Waals surface area contributed by atoms with Crippen LogP contribution in [0.5, 0.6) is 0 Å². The van der Waals surface area contributed by atoms with Gasteiger partial charge in [0.25, 0.3) is 0 Å². The fraction of sp³-hybridized carbons (Fsp3) is 0.901. The van der Waals surface area contributed by atoms with Gasteiger partial charge >= 0.3 is 17.9 Å². The molecule has 0 aliphatic rings. The van der Waals surface area contributed by atoms with Gasteiger partial charge in [-0.3, -0.25) is 14.4 Å². The number of carbonyl (C=O) groups excluding carboxylic acids is 3. The second kappa shape index (κ2) is 66.4. The summed E-state index contributed by atoms with van der Waals surface area (Å²) in [5.74, 6) is -0.866. The van der Waals surface area contributed by atoms with Crippen molar-refractivity contribution in [2.45, 2.75) is 399 Å². The lowest BCUT2D eigenvalue weighted by Gasteiger charge is -2.18. The van der Waals surface area contributed by atoms with Gasteiger partial charge in [0.2, 0.25) is 0 Å². The highest BCUT2D eigenvalue weighted by molar-refractivity contribution is 5.71. The predicted octanol–water partition coefficient (Wildman–Crippen LogP) is 23.8. The molecule has 77 heavy (non-hydrogen) atoms. The second-order valence-corrected chi connectivity index (χ2v) is 23.8. The minimum absolute atomic E-state index is 0.0725. The molecule has 0 radical (unpaired) electrons. The van der Waals surface area contributed by atoms with E-state index in [-0.39, 0.29) is 31.1 Å². The van der Waals surface area contributed by atoms with Crippen LogP contribution in [0.3, 0.4) is 0 Å². The van der Waals surface area contributed by atoms with Gasteiger partial charge in [0, 0.05) is 19.3 Å². The first-order valence-electron chi connectivity index (χ1n) is 34.8. The van der Waals surface area contributed by atoms with Crippen molar-refractivity contribution in [3.63, 3.8) is 0 Å². The summed E-state index contributed by atoms with van der Waals surface area (Å²) in [5.41, 5.74) is 0. The van der Waals surface area contributed by atoms with Crippen molar-refractivity contribution >= 4 is 17.9 Å². The second-order valence-electron chi connectivity index (χ2n) is 23.8. The first-order chi connectivity index (χ1) is 38.0. The summed E-state index contributed by atoms with van der Waals surface area (Å²) in [6.45, 7) is 6.66. The Labute approximate surface area is 481 Å². The van der Waals surface area contributed by atoms with Crippen molar-refractivity contribution in [2.75, 3.05) is 13.2 Å². The zero-order valence-corrected chi connectivity index (χ0v) is 52.3. The average Bonchev–Trinajstić information content (AvgIpc) is 3.43. The molecule has 454 valence electrons. The Kier molecular flexibility index (Phi) is 64.6. The third-order valence-electron chi connectivity index (χ3n) is 15.9. The van der Waals surface area contributed by atoms with Crippen LogP contribution >= 0.6 is 0 Å². The Morgan fingerprint density at radius 1 is 0.247 bits per heavy atom. The number of ether oxygens (including phenoxy) is 3. The summed E-state index contributed by atoms with van der Waals surface area (Å²) >= 11 is 0. The van der Waals surface area contributed by atoms with E-state index in [2.05, 4.69) is 45.1 Å². The van der Waals surface area contributed by atoms with Crippen LogP contribution in [0, 0.1) is 0 Å². The maximum Gasteiger partial charge on any atom is 0.306 e. The SMILES string of the molecule is CCCCC/C=C\CCCCCCCC(=O)OCC(COC(=O)CCCCCCCCCCCCCCCCCCCCCCCCCCCCCCCCCC)OC(=O)CCCCCCC/C=C\CCCCCCCC. The largest absolute Gasteiger partial charge is 0.462 e. The maximum absolute atomic E-state index is 12.9. The minimum Gasteiger partial charge on any atom is -0.462 e. The fourth-order valence-electron chi connectivity index (χ4n) is 10.7. The van der Waals surface area contributed by atoms with Crippen LogP contribution in [0.25, 0.3) is 0 Å². The number of allylic oxidation sites excluding steroid dienone is 4. The molecule has 0 bridgehead atoms. The number of esters is 3. The van der Waals surface area contributed by atoms with E-state index < -0.39 is 6.10 Å². The standard InChI is InChI=1S/C71H134O6/c1-4-7-10-13-16-19-22-25-27-28-29-30-31-32-33-34-35-36-37-38-39-40-41-42-43-45-46-49-52-55-58-61-64-70(73)76-67-68(66-75-69(72)63-60-57-54-51-48-24-21-18-15-12-9-6-3)77-71(74)65-62-59-56-53-50-47-44-26-23-20-17-14-11-8-5-2/h18,21,26,44,68H,4-17,19-20,22-25,27-43,45-67H2,1-3H3/b21-18-,44-26-. The van der Waals surface area contributed by atoms with Gasteiger partial charge in [-0.15, -0.1) is 0 Å². The molecule has 0 heterocycles. The van der Waals surface area contributed by atoms with E-state index in [1.165, 1.54) is 283 Å². The number of unbranched alkanes of at least 4 members (excludes halogenated alkanes) is 50. The maximum atomic E-state index is 12.9. The topological polar surface area (TPSA) is 78.9 Å². The third kappa shape index (κ3) is 64.6. The summed E-state index contributed by atoms with van der Waals surface area (Å²) in [6, 6.07) is 0. The number of rotatable bonds is 65. The zero-order chi connectivity index (χ0) is 55.7. The monoisotopic (exact) mass is 1080 g/mol. The summed E-state index contributed by atoms with van der Waals surface area (Å²) in [4.78, 5) is 38.3. The van der Waals surface area contributed by atoms with Crippen molar-refractivity contribution in [2.24, 2.45) is 0 Å². The Balaban J connectivity index is 4.06. The van der Waals surface area contributed by atoms with E-state index in [0.717, 1.165) is 70.6 Å². The molecule has 0 saturated carbocycles. The van der Waals surface area contributed by atoms with E-state index in [1.54, 1.807) is 0 Å². The Morgan fingerprint density at radius 3 is 0.675 bits per heavy atom. The predicted molar refractivity (Wildman–Crippen MR) is 335 cm³/mol. The summed E-state index contributed by atoms with van der Waals surface area (Å²) in [5, 5.41) is 0. The summed E-state index contributed by atoms with van der Waals surface area (Å²) in [6.07, 6.45) is 80.9. The van der Waals surface area contributed by atoms with E-state index in [9.17, 15) is 14.4 Å². The van der Waals surface area contributed by atoms with Gasteiger partial charge in [0.1, 0.15) is 13.2 Å². The van der Waals surface area contributed by atoms with Crippen LogP contribution in [0.4, 0.5) is 0 Å². The van der Waals surface area contributed by atoms with Gasteiger partial charge in [0.05, 0.1) is 0 Å². The number of hydrogen-bond acceptors (Lipinski definition) is 6. The lowest BCUT2D eigenvalue weighted by molar-refractivity contribution is -0.167. The molecule has 0 rings (SSSR count). The minimum atomic E-state index is -0.776. The fourth-order valence-corrected chi connectivity index (χ4v) is 10.7. The van der Waals surface area contributed by atoms with Crippen LogP contribution < -0.4 is 0 Å². The van der Waals surface area contributed by atoms with Crippen LogP contribution in [-0.4, -0.2) is 37.2 Å². The lowest BCUT2D eigenvalue weighted by Crippen LogP contribution is -2.30. The molecule has 0 aromatic heterocycles. The molecule has 0 N–H and O–H groups in total. The van der Waals surface area contributed by atoms with Gasteiger partial charge in [-0.1, -0.05) is 328 Å². The van der Waals surface area contributed by atoms with Gasteiger partial charge in [-0.25, -0.2) is 0 Å². The number of hydrogen-bond donors (Lipinski definition) is 0. The normalized spacial score (nSPS) is 12.1. The molecule has 1 atom stereocenters. The summed E-state index contributed by atoms with van der Waals surface area (Å²) in [7, 11) is 0. The molecule has 0 aromatic carbocycles. The zero-order valence-electron chi connectivity index (χ0n) is 52.3. The van der Waals surface area contributed by atoms with E-state index >= 15 is 0 Å². The molecule has 0 amide bonds. The van der Waals surface area contributed by atoms with E-state index in [1.807, 2.05) is 0 Å². The van der Waals surface area contributed by atoms with Gasteiger partial charge in [-0.05, 0) is 70.6 Å². The molecule has 6 heteroatoms. The Bertz CT molecular complexity index is 1240. The van der Waals surface area contributed by atoms with Crippen molar-refractivity contribution in [1.82, 2.24) is 0 Å². The number of carbonyl (C=O) groups is 3. The molecular formula is C71H134O6. The molecule has 0 saturated heterocycles. The Morgan fingerprint density at radius 2 is 0.429 bits per heavy atom. The molecule has 0 spiro atoms. The Hall–Kier alpha value is -2.11. The first-order valence-corrected chi connectivity index (χ1v) is 34.8. The highest BCUT2D eigenvalue weighted by Gasteiger charge is 2.19. The highest BCUT2D eigenvalue weighted by atomic mass is 16.6. The molecule has 1 unspecified atom stereocenters. The van der Waals surface area contributed by atoms with Crippen LogP contribution in [0.2, 0.25) is 0 Å². The van der Waals surface area contributed by atoms with Gasteiger partial charge in [0.15, 0.2) is 6.10 Å². The third-order valence-corrected chi connectivity index (χ3v) is 15.9. The molecule has 0 aliphatic carbocycles. The van der Waals surface area contributed by atoms with E-state index in [0.29, 0.717) is 19.3 Å². The van der Waals surface area contributed by atoms with Crippen LogP contribution in [-0.2, 0) is 28.6 Å². The molecule has 0 aromatic rings. The average molecular weight is 1080 g/mol. The summed E-state index contributed by atoms with van der Waals surface area (Å²) < 4.78 is 16.9.